The molecule has 1 aromatic heterocycles. The van der Waals surface area contributed by atoms with Gasteiger partial charge in [-0.05, 0) is 38.1 Å². The molecular weight excluding hydrogens is 242 g/mol. The second-order valence-corrected chi connectivity index (χ2v) is 5.30. The van der Waals surface area contributed by atoms with Crippen LogP contribution in [0, 0.1) is 5.92 Å². The van der Waals surface area contributed by atoms with E-state index in [4.69, 9.17) is 5.73 Å². The highest BCUT2D eigenvalue weighted by molar-refractivity contribution is 5.85. The van der Waals surface area contributed by atoms with Gasteiger partial charge in [0, 0.05) is 6.54 Å². The lowest BCUT2D eigenvalue weighted by Gasteiger charge is -2.33. The van der Waals surface area contributed by atoms with Crippen LogP contribution in [0.1, 0.15) is 39.0 Å². The Morgan fingerprint density at radius 3 is 3.11 bits per heavy atom. The van der Waals surface area contributed by atoms with Crippen LogP contribution in [0.4, 0.5) is 0 Å². The summed E-state index contributed by atoms with van der Waals surface area (Å²) in [5.41, 5.74) is 5.16. The summed E-state index contributed by atoms with van der Waals surface area (Å²) in [5, 5.41) is 7.51. The molecule has 1 aliphatic carbocycles. The molecule has 1 saturated carbocycles. The minimum Gasteiger partial charge on any atom is -0.368 e. The maximum absolute atomic E-state index is 11.9. The van der Waals surface area contributed by atoms with Gasteiger partial charge in [-0.2, -0.15) is 5.10 Å². The van der Waals surface area contributed by atoms with Gasteiger partial charge >= 0.3 is 0 Å². The Hall–Kier alpha value is -1.43. The molecule has 0 aromatic carbocycles. The number of primary amides is 1. The molecule has 6 nitrogen and oxygen atoms in total. The molecule has 1 aromatic rings. The van der Waals surface area contributed by atoms with Crippen LogP contribution in [0.3, 0.4) is 0 Å². The van der Waals surface area contributed by atoms with Crippen LogP contribution in [0.2, 0.25) is 0 Å². The molecule has 2 atom stereocenters. The minimum absolute atomic E-state index is 0.206. The van der Waals surface area contributed by atoms with Gasteiger partial charge in [-0.3, -0.25) is 9.48 Å². The van der Waals surface area contributed by atoms with Gasteiger partial charge in [-0.1, -0.05) is 13.3 Å². The Balaban J connectivity index is 2.02. The molecule has 1 fully saturated rings. The fourth-order valence-corrected chi connectivity index (χ4v) is 3.10. The summed E-state index contributed by atoms with van der Waals surface area (Å²) < 4.78 is 1.81. The summed E-state index contributed by atoms with van der Waals surface area (Å²) in [6.07, 6.45) is 8.11. The molecule has 1 amide bonds. The Morgan fingerprint density at radius 2 is 2.47 bits per heavy atom. The van der Waals surface area contributed by atoms with Crippen molar-refractivity contribution in [2.45, 2.75) is 51.1 Å². The first-order chi connectivity index (χ1) is 9.19. The second-order valence-electron chi connectivity index (χ2n) is 5.30. The first kappa shape index (κ1) is 14.0. The number of carbonyl (C=O) groups is 1. The monoisotopic (exact) mass is 265 g/mol. The number of nitrogens with zero attached hydrogens (tertiary/aromatic N) is 3. The van der Waals surface area contributed by atoms with Crippen molar-refractivity contribution in [2.75, 3.05) is 6.54 Å². The smallest absolute Gasteiger partial charge is 0.238 e. The molecule has 106 valence electrons. The normalized spacial score (nSPS) is 26.7. The predicted octanol–water partition coefficient (Wildman–Crippen LogP) is 0.692. The number of hydrogen-bond donors (Lipinski definition) is 2. The summed E-state index contributed by atoms with van der Waals surface area (Å²) in [6.45, 7) is 3.72. The van der Waals surface area contributed by atoms with E-state index in [2.05, 4.69) is 22.3 Å². The molecule has 0 spiro atoms. The van der Waals surface area contributed by atoms with Crippen LogP contribution in [0.25, 0.3) is 0 Å². The van der Waals surface area contributed by atoms with E-state index in [0.29, 0.717) is 5.92 Å². The zero-order valence-corrected chi connectivity index (χ0v) is 11.5. The molecule has 6 heteroatoms. The summed E-state index contributed by atoms with van der Waals surface area (Å²) in [5.74, 6) is 0.0859. The van der Waals surface area contributed by atoms with Crippen molar-refractivity contribution in [1.82, 2.24) is 20.1 Å². The molecule has 1 heterocycles. The van der Waals surface area contributed by atoms with Crippen molar-refractivity contribution in [3.63, 3.8) is 0 Å². The number of aromatic nitrogens is 3. The van der Waals surface area contributed by atoms with Crippen LogP contribution in [0.5, 0.6) is 0 Å². The molecule has 1 aliphatic rings. The largest absolute Gasteiger partial charge is 0.368 e. The van der Waals surface area contributed by atoms with Gasteiger partial charge in [-0.25, -0.2) is 4.98 Å². The molecule has 0 aliphatic heterocycles. The zero-order valence-electron chi connectivity index (χ0n) is 11.5. The third-order valence-corrected chi connectivity index (χ3v) is 4.12. The van der Waals surface area contributed by atoms with Crippen molar-refractivity contribution in [3.8, 4) is 0 Å². The van der Waals surface area contributed by atoms with E-state index < -0.39 is 5.54 Å². The van der Waals surface area contributed by atoms with Gasteiger partial charge in [0.05, 0.1) is 0 Å². The van der Waals surface area contributed by atoms with E-state index in [1.165, 1.54) is 6.33 Å². The summed E-state index contributed by atoms with van der Waals surface area (Å²) in [6, 6.07) is 0. The lowest BCUT2D eigenvalue weighted by molar-refractivity contribution is -0.126. The Bertz CT molecular complexity index is 405. The van der Waals surface area contributed by atoms with Gasteiger partial charge in [0.25, 0.3) is 0 Å². The molecule has 0 saturated heterocycles. The average molecular weight is 265 g/mol. The van der Waals surface area contributed by atoms with Crippen molar-refractivity contribution < 1.29 is 4.79 Å². The highest BCUT2D eigenvalue weighted by Gasteiger charge is 2.46. The summed E-state index contributed by atoms with van der Waals surface area (Å²) >= 11 is 0. The van der Waals surface area contributed by atoms with Crippen LogP contribution in [-0.4, -0.2) is 32.8 Å². The van der Waals surface area contributed by atoms with Crippen molar-refractivity contribution in [3.05, 3.63) is 12.7 Å². The van der Waals surface area contributed by atoms with E-state index in [0.717, 1.165) is 45.2 Å². The third-order valence-electron chi connectivity index (χ3n) is 4.12. The zero-order chi connectivity index (χ0) is 13.7. The Kier molecular flexibility index (Phi) is 4.52. The first-order valence-electron chi connectivity index (χ1n) is 7.06. The van der Waals surface area contributed by atoms with Crippen LogP contribution in [-0.2, 0) is 11.3 Å². The van der Waals surface area contributed by atoms with Crippen molar-refractivity contribution in [1.29, 1.82) is 0 Å². The van der Waals surface area contributed by atoms with E-state index in [-0.39, 0.29) is 5.91 Å². The molecule has 0 bridgehead atoms. The van der Waals surface area contributed by atoms with Gasteiger partial charge < -0.3 is 11.1 Å². The standard InChI is InChI=1S/C13H23N5O/c1-2-7-16-13(12(14)19)6-3-4-11(13)5-8-18-10-15-9-17-18/h9-11,16H,2-8H2,1H3,(H2,14,19). The fraction of sp³-hybridized carbons (Fsp3) is 0.769. The molecular formula is C13H23N5O. The molecule has 2 rings (SSSR count). The van der Waals surface area contributed by atoms with Crippen molar-refractivity contribution >= 4 is 5.91 Å². The molecule has 2 unspecified atom stereocenters. The number of nitrogens with one attached hydrogen (secondary N) is 1. The molecule has 19 heavy (non-hydrogen) atoms. The van der Waals surface area contributed by atoms with Gasteiger partial charge in [0.2, 0.25) is 5.91 Å². The summed E-state index contributed by atoms with van der Waals surface area (Å²) in [4.78, 5) is 15.9. The molecule has 0 radical (unpaired) electrons. The number of amides is 1. The maximum atomic E-state index is 11.9. The van der Waals surface area contributed by atoms with Crippen LogP contribution < -0.4 is 11.1 Å². The average Bonchev–Trinajstić information content (AvgIpc) is 3.03. The second kappa shape index (κ2) is 6.14. The lowest BCUT2D eigenvalue weighted by atomic mass is 9.83. The quantitative estimate of drug-likeness (QED) is 0.759. The third kappa shape index (κ3) is 2.94. The predicted molar refractivity (Wildman–Crippen MR) is 72.2 cm³/mol. The maximum Gasteiger partial charge on any atom is 0.238 e. The van der Waals surface area contributed by atoms with E-state index in [9.17, 15) is 4.79 Å². The van der Waals surface area contributed by atoms with E-state index in [1.807, 2.05) is 4.68 Å². The van der Waals surface area contributed by atoms with Gasteiger partial charge in [0.1, 0.15) is 18.2 Å². The molecule has 3 N–H and O–H groups in total. The number of nitrogens with two attached hydrogens (primary N) is 1. The lowest BCUT2D eigenvalue weighted by Crippen LogP contribution is -2.58. The topological polar surface area (TPSA) is 85.8 Å². The number of carbonyl (C=O) groups excluding carboxylic acids is 1. The first-order valence-corrected chi connectivity index (χ1v) is 7.06. The Labute approximate surface area is 113 Å². The Morgan fingerprint density at radius 1 is 1.63 bits per heavy atom. The fourth-order valence-electron chi connectivity index (χ4n) is 3.10. The summed E-state index contributed by atoms with van der Waals surface area (Å²) in [7, 11) is 0. The van der Waals surface area contributed by atoms with Gasteiger partial charge in [-0.15, -0.1) is 0 Å². The van der Waals surface area contributed by atoms with Crippen molar-refractivity contribution in [2.24, 2.45) is 11.7 Å². The van der Waals surface area contributed by atoms with E-state index >= 15 is 0 Å². The number of hydrogen-bond acceptors (Lipinski definition) is 4. The van der Waals surface area contributed by atoms with Crippen LogP contribution in [0.15, 0.2) is 12.7 Å². The highest BCUT2D eigenvalue weighted by Crippen LogP contribution is 2.38. The highest BCUT2D eigenvalue weighted by atomic mass is 16.1. The minimum atomic E-state index is -0.517. The SMILES string of the molecule is CCCNC1(C(N)=O)CCCC1CCn1cncn1. The van der Waals surface area contributed by atoms with Crippen LogP contribution >= 0.6 is 0 Å². The number of rotatable bonds is 7. The number of aryl methyl sites for hydroxylation is 1. The van der Waals surface area contributed by atoms with E-state index in [1.54, 1.807) is 6.33 Å². The van der Waals surface area contributed by atoms with Gasteiger partial charge in [0.15, 0.2) is 0 Å².